The molecule has 2 heterocycles. The molecule has 21 heavy (non-hydrogen) atoms. The number of nitrogens with one attached hydrogen (secondary N) is 1. The maximum atomic E-state index is 6.08. The van der Waals surface area contributed by atoms with Gasteiger partial charge in [-0.3, -0.25) is 4.90 Å². The van der Waals surface area contributed by atoms with Gasteiger partial charge in [0.25, 0.3) is 0 Å². The third-order valence-electron chi connectivity index (χ3n) is 4.34. The molecule has 1 fully saturated rings. The van der Waals surface area contributed by atoms with Crippen molar-refractivity contribution in [2.75, 3.05) is 13.1 Å². The summed E-state index contributed by atoms with van der Waals surface area (Å²) in [6.07, 6.45) is 4.01. The molecule has 1 N–H and O–H groups in total. The van der Waals surface area contributed by atoms with Crippen LogP contribution in [0.4, 0.5) is 0 Å². The molecular formula is C18H32N2O. The smallest absolute Gasteiger partial charge is 0.120 e. The quantitative estimate of drug-likeness (QED) is 0.905. The minimum Gasteiger partial charge on any atom is -0.463 e. The fourth-order valence-corrected chi connectivity index (χ4v) is 2.89. The Bertz CT molecular complexity index is 445. The van der Waals surface area contributed by atoms with Gasteiger partial charge in [-0.2, -0.15) is 0 Å². The number of aryl methyl sites for hydroxylation is 1. The van der Waals surface area contributed by atoms with Crippen LogP contribution in [0.5, 0.6) is 0 Å². The second-order valence-corrected chi connectivity index (χ2v) is 7.73. The van der Waals surface area contributed by atoms with E-state index in [1.165, 1.54) is 37.9 Å². The van der Waals surface area contributed by atoms with Crippen LogP contribution in [-0.2, 0) is 13.1 Å². The van der Waals surface area contributed by atoms with Crippen LogP contribution in [0.2, 0.25) is 0 Å². The number of likely N-dealkylation sites (tertiary alicyclic amines) is 1. The van der Waals surface area contributed by atoms with Gasteiger partial charge in [0.2, 0.25) is 0 Å². The van der Waals surface area contributed by atoms with Gasteiger partial charge in [0.15, 0.2) is 0 Å². The number of nitrogens with zero attached hydrogens (tertiary/aromatic N) is 1. The Hall–Kier alpha value is -0.800. The van der Waals surface area contributed by atoms with Crippen LogP contribution in [0.3, 0.4) is 0 Å². The Morgan fingerprint density at radius 3 is 2.76 bits per heavy atom. The van der Waals surface area contributed by atoms with Gasteiger partial charge in [-0.05, 0) is 77.6 Å². The lowest BCUT2D eigenvalue weighted by Crippen LogP contribution is -2.35. The van der Waals surface area contributed by atoms with E-state index in [0.717, 1.165) is 30.5 Å². The molecule has 1 aromatic heterocycles. The van der Waals surface area contributed by atoms with Crippen LogP contribution in [-0.4, -0.2) is 23.5 Å². The largest absolute Gasteiger partial charge is 0.463 e. The first-order valence-corrected chi connectivity index (χ1v) is 8.39. The highest BCUT2D eigenvalue weighted by molar-refractivity contribution is 5.20. The van der Waals surface area contributed by atoms with Gasteiger partial charge in [0.1, 0.15) is 11.5 Å². The molecule has 1 unspecified atom stereocenters. The van der Waals surface area contributed by atoms with Crippen molar-refractivity contribution in [3.63, 3.8) is 0 Å². The van der Waals surface area contributed by atoms with E-state index >= 15 is 0 Å². The molecule has 0 bridgehead atoms. The van der Waals surface area contributed by atoms with Gasteiger partial charge in [-0.1, -0.05) is 6.92 Å². The Labute approximate surface area is 130 Å². The van der Waals surface area contributed by atoms with Gasteiger partial charge < -0.3 is 9.73 Å². The molecule has 0 amide bonds. The summed E-state index contributed by atoms with van der Waals surface area (Å²) in [5, 5.41) is 3.50. The Kier molecular flexibility index (Phi) is 5.50. The summed E-state index contributed by atoms with van der Waals surface area (Å²) in [6.45, 7) is 15.3. The van der Waals surface area contributed by atoms with Crippen molar-refractivity contribution in [3.8, 4) is 0 Å². The molecule has 0 saturated carbocycles. The first-order valence-electron chi connectivity index (χ1n) is 8.39. The first kappa shape index (κ1) is 16.6. The highest BCUT2D eigenvalue weighted by atomic mass is 16.3. The SMILES string of the molecule is Cc1cc(CN2CCCC(C)CC2)oc1CNC(C)(C)C. The lowest BCUT2D eigenvalue weighted by molar-refractivity contribution is 0.246. The monoisotopic (exact) mass is 292 g/mol. The maximum absolute atomic E-state index is 6.08. The average Bonchev–Trinajstić information content (AvgIpc) is 2.59. The summed E-state index contributed by atoms with van der Waals surface area (Å²) in [5.41, 5.74) is 1.39. The van der Waals surface area contributed by atoms with Crippen molar-refractivity contribution < 1.29 is 4.42 Å². The van der Waals surface area contributed by atoms with Crippen molar-refractivity contribution in [2.24, 2.45) is 5.92 Å². The molecule has 0 radical (unpaired) electrons. The minimum atomic E-state index is 0.125. The van der Waals surface area contributed by atoms with Gasteiger partial charge in [0.05, 0.1) is 13.1 Å². The van der Waals surface area contributed by atoms with Crippen molar-refractivity contribution in [1.82, 2.24) is 10.2 Å². The molecule has 0 aliphatic carbocycles. The molecule has 0 aromatic carbocycles. The summed E-state index contributed by atoms with van der Waals surface area (Å²) < 4.78 is 6.08. The summed E-state index contributed by atoms with van der Waals surface area (Å²) in [7, 11) is 0. The van der Waals surface area contributed by atoms with E-state index in [-0.39, 0.29) is 5.54 Å². The average molecular weight is 292 g/mol. The lowest BCUT2D eigenvalue weighted by Gasteiger charge is -2.20. The molecule has 3 heteroatoms. The summed E-state index contributed by atoms with van der Waals surface area (Å²) in [4.78, 5) is 2.54. The highest BCUT2D eigenvalue weighted by Gasteiger charge is 2.17. The van der Waals surface area contributed by atoms with E-state index in [2.05, 4.69) is 50.9 Å². The van der Waals surface area contributed by atoms with E-state index < -0.39 is 0 Å². The zero-order valence-electron chi connectivity index (χ0n) is 14.5. The molecule has 2 rings (SSSR count). The highest BCUT2D eigenvalue weighted by Crippen LogP contribution is 2.21. The van der Waals surface area contributed by atoms with Gasteiger partial charge in [-0.25, -0.2) is 0 Å². The molecule has 1 saturated heterocycles. The third kappa shape index (κ3) is 5.48. The second-order valence-electron chi connectivity index (χ2n) is 7.73. The topological polar surface area (TPSA) is 28.4 Å². The van der Waals surface area contributed by atoms with Crippen molar-refractivity contribution in [3.05, 3.63) is 23.2 Å². The predicted molar refractivity (Wildman–Crippen MR) is 88.3 cm³/mol. The zero-order chi connectivity index (χ0) is 15.5. The van der Waals surface area contributed by atoms with Crippen LogP contribution in [0.25, 0.3) is 0 Å². The van der Waals surface area contributed by atoms with E-state index in [9.17, 15) is 0 Å². The van der Waals surface area contributed by atoms with Gasteiger partial charge in [-0.15, -0.1) is 0 Å². The molecule has 1 aliphatic rings. The molecule has 3 nitrogen and oxygen atoms in total. The molecule has 1 aromatic rings. The fourth-order valence-electron chi connectivity index (χ4n) is 2.89. The minimum absolute atomic E-state index is 0.125. The zero-order valence-corrected chi connectivity index (χ0v) is 14.5. The number of furan rings is 1. The second kappa shape index (κ2) is 6.97. The number of rotatable bonds is 4. The van der Waals surface area contributed by atoms with E-state index in [0.29, 0.717) is 0 Å². The number of hydrogen-bond donors (Lipinski definition) is 1. The molecule has 0 spiro atoms. The molecule has 1 atom stereocenters. The lowest BCUT2D eigenvalue weighted by atomic mass is 10.0. The van der Waals surface area contributed by atoms with E-state index in [1.807, 2.05) is 0 Å². The molecule has 1 aliphatic heterocycles. The van der Waals surface area contributed by atoms with Crippen molar-refractivity contribution in [2.45, 2.75) is 72.5 Å². The molecular weight excluding hydrogens is 260 g/mol. The van der Waals surface area contributed by atoms with Crippen LogP contribution in [0.15, 0.2) is 10.5 Å². The summed E-state index contributed by atoms with van der Waals surface area (Å²) in [6, 6.07) is 2.22. The molecule has 120 valence electrons. The first-order chi connectivity index (χ1) is 9.83. The van der Waals surface area contributed by atoms with E-state index in [1.54, 1.807) is 0 Å². The third-order valence-corrected chi connectivity index (χ3v) is 4.34. The van der Waals surface area contributed by atoms with Crippen LogP contribution < -0.4 is 5.32 Å². The van der Waals surface area contributed by atoms with Gasteiger partial charge in [0, 0.05) is 5.54 Å². The Morgan fingerprint density at radius 2 is 2.05 bits per heavy atom. The summed E-state index contributed by atoms with van der Waals surface area (Å²) in [5.74, 6) is 3.08. The van der Waals surface area contributed by atoms with Crippen LogP contribution in [0, 0.1) is 12.8 Å². The normalized spacial score (nSPS) is 21.5. The number of hydrogen-bond acceptors (Lipinski definition) is 3. The standard InChI is InChI=1S/C18H32N2O/c1-14-7-6-9-20(10-8-14)13-16-11-15(2)17(21-16)12-19-18(3,4)5/h11,14,19H,6-10,12-13H2,1-5H3. The van der Waals surface area contributed by atoms with Crippen LogP contribution >= 0.6 is 0 Å². The Balaban J connectivity index is 1.92. The van der Waals surface area contributed by atoms with Gasteiger partial charge >= 0.3 is 0 Å². The maximum Gasteiger partial charge on any atom is 0.120 e. The summed E-state index contributed by atoms with van der Waals surface area (Å²) >= 11 is 0. The van der Waals surface area contributed by atoms with Crippen molar-refractivity contribution in [1.29, 1.82) is 0 Å². The van der Waals surface area contributed by atoms with E-state index in [4.69, 9.17) is 4.42 Å². The van der Waals surface area contributed by atoms with Crippen molar-refractivity contribution >= 4 is 0 Å². The van der Waals surface area contributed by atoms with Crippen LogP contribution in [0.1, 0.15) is 64.0 Å². The predicted octanol–water partition coefficient (Wildman–Crippen LogP) is 4.10. The fraction of sp³-hybridized carbons (Fsp3) is 0.778. The Morgan fingerprint density at radius 1 is 1.29 bits per heavy atom.